The Morgan fingerprint density at radius 3 is 3.19 bits per heavy atom. The fourth-order valence-electron chi connectivity index (χ4n) is 2.16. The molecule has 0 aliphatic carbocycles. The molecule has 1 aliphatic heterocycles. The van der Waals surface area contributed by atoms with Crippen LogP contribution in [-0.4, -0.2) is 22.2 Å². The van der Waals surface area contributed by atoms with Crippen molar-refractivity contribution < 1.29 is 9.90 Å². The lowest BCUT2D eigenvalue weighted by Gasteiger charge is -2.21. The van der Waals surface area contributed by atoms with Gasteiger partial charge in [-0.05, 0) is 29.9 Å². The number of aromatic carboxylic acids is 1. The van der Waals surface area contributed by atoms with Gasteiger partial charge in [-0.1, -0.05) is 19.1 Å². The smallest absolute Gasteiger partial charge is 0.347 e. The van der Waals surface area contributed by atoms with Gasteiger partial charge in [-0.2, -0.15) is 4.37 Å². The highest BCUT2D eigenvalue weighted by Crippen LogP contribution is 2.33. The zero-order chi connectivity index (χ0) is 11.5. The Hall–Kier alpha value is -1.35. The number of nitrogens with zero attached hydrogens (tertiary/aromatic N) is 2. The molecule has 82 valence electrons. The van der Waals surface area contributed by atoms with Crippen LogP contribution in [0.5, 0.6) is 0 Å². The summed E-state index contributed by atoms with van der Waals surface area (Å²) >= 11 is 1.03. The van der Waals surface area contributed by atoms with E-state index in [9.17, 15) is 4.79 Å². The second-order valence-corrected chi connectivity index (χ2v) is 4.92. The first kappa shape index (κ1) is 11.1. The third kappa shape index (κ3) is 2.25. The van der Waals surface area contributed by atoms with Crippen molar-refractivity contribution in [2.24, 2.45) is 0 Å². The van der Waals surface area contributed by atoms with Crippen LogP contribution >= 0.6 is 11.5 Å². The second kappa shape index (κ2) is 4.66. The summed E-state index contributed by atoms with van der Waals surface area (Å²) in [6.07, 6.45) is 3.83. The van der Waals surface area contributed by atoms with E-state index in [1.807, 2.05) is 0 Å². The number of nitriles is 1. The molecule has 4 nitrogen and oxygen atoms in total. The summed E-state index contributed by atoms with van der Waals surface area (Å²) in [6.45, 7) is 0.105. The third-order valence-electron chi connectivity index (χ3n) is 3.01. The van der Waals surface area contributed by atoms with Gasteiger partial charge < -0.3 is 5.11 Å². The Morgan fingerprint density at radius 1 is 1.75 bits per heavy atom. The highest BCUT2D eigenvalue weighted by Gasteiger charge is 2.28. The van der Waals surface area contributed by atoms with Crippen molar-refractivity contribution in [3.05, 3.63) is 16.6 Å². The first-order valence-corrected chi connectivity index (χ1v) is 6.07. The van der Waals surface area contributed by atoms with Crippen LogP contribution in [0.1, 0.15) is 34.1 Å². The standard InChI is InChI=1S/C10H11BN2O2S/c12-6-11-3-1-2-7(5-11)8-4-9(10(14)15)16-13-8/h4,7H,1-3,5H2,(H,14,15). The summed E-state index contributed by atoms with van der Waals surface area (Å²) in [6, 6.07) is 1.65. The average Bonchev–Trinajstić information content (AvgIpc) is 2.78. The molecule has 1 unspecified atom stereocenters. The largest absolute Gasteiger partial charge is 0.477 e. The SMILES string of the molecule is N#CB1CCCC(c2cc(C(=O)O)sn2)C1. The molecule has 2 rings (SSSR count). The van der Waals surface area contributed by atoms with E-state index in [2.05, 4.69) is 10.3 Å². The van der Waals surface area contributed by atoms with E-state index in [-0.39, 0.29) is 17.5 Å². The monoisotopic (exact) mass is 234 g/mol. The molecule has 1 aromatic heterocycles. The summed E-state index contributed by atoms with van der Waals surface area (Å²) in [7, 11) is 0. The number of carboxylic acid groups (broad SMARTS) is 1. The normalized spacial score (nSPS) is 20.4. The van der Waals surface area contributed by atoms with E-state index in [1.54, 1.807) is 6.07 Å². The molecule has 1 aromatic rings. The van der Waals surface area contributed by atoms with Crippen LogP contribution in [0.3, 0.4) is 0 Å². The zero-order valence-corrected chi connectivity index (χ0v) is 9.54. The maximum Gasteiger partial charge on any atom is 0.347 e. The minimum atomic E-state index is -0.920. The predicted molar refractivity (Wildman–Crippen MR) is 62.0 cm³/mol. The molecular formula is C10H11BN2O2S. The molecule has 2 heterocycles. The van der Waals surface area contributed by atoms with Crippen molar-refractivity contribution in [2.45, 2.75) is 31.4 Å². The van der Waals surface area contributed by atoms with Crippen molar-refractivity contribution in [2.75, 3.05) is 0 Å². The lowest BCUT2D eigenvalue weighted by molar-refractivity contribution is 0.0702. The summed E-state index contributed by atoms with van der Waals surface area (Å²) in [4.78, 5) is 11.0. The van der Waals surface area contributed by atoms with E-state index in [0.717, 1.165) is 42.7 Å². The number of rotatable bonds is 2. The lowest BCUT2D eigenvalue weighted by atomic mass is 9.41. The zero-order valence-electron chi connectivity index (χ0n) is 8.72. The molecule has 0 bridgehead atoms. The maximum absolute atomic E-state index is 10.7. The molecule has 0 radical (unpaired) electrons. The predicted octanol–water partition coefficient (Wildman–Crippen LogP) is 2.28. The van der Waals surface area contributed by atoms with Gasteiger partial charge in [-0.25, -0.2) is 10.1 Å². The molecule has 0 spiro atoms. The Kier molecular flexibility index (Phi) is 3.25. The molecule has 16 heavy (non-hydrogen) atoms. The van der Waals surface area contributed by atoms with Crippen molar-refractivity contribution in [1.82, 2.24) is 4.37 Å². The van der Waals surface area contributed by atoms with Gasteiger partial charge in [0.2, 0.25) is 0 Å². The van der Waals surface area contributed by atoms with E-state index < -0.39 is 5.97 Å². The highest BCUT2D eigenvalue weighted by atomic mass is 32.1. The fraction of sp³-hybridized carbons (Fsp3) is 0.500. The Bertz CT molecular complexity index is 440. The minimum Gasteiger partial charge on any atom is -0.477 e. The molecule has 0 amide bonds. The third-order valence-corrected chi connectivity index (χ3v) is 3.81. The van der Waals surface area contributed by atoms with Crippen LogP contribution in [0.15, 0.2) is 6.07 Å². The van der Waals surface area contributed by atoms with Crippen LogP contribution in [0, 0.1) is 11.2 Å². The molecule has 1 N–H and O–H groups in total. The fourth-order valence-corrected chi connectivity index (χ4v) is 2.81. The van der Waals surface area contributed by atoms with Gasteiger partial charge >= 0.3 is 5.97 Å². The Morgan fingerprint density at radius 2 is 2.56 bits per heavy atom. The number of aromatic nitrogens is 1. The molecule has 0 aromatic carbocycles. The molecule has 6 heteroatoms. The van der Waals surface area contributed by atoms with E-state index in [4.69, 9.17) is 10.4 Å². The van der Waals surface area contributed by atoms with Crippen LogP contribution in [0.25, 0.3) is 0 Å². The van der Waals surface area contributed by atoms with Crippen LogP contribution in [-0.2, 0) is 0 Å². The topological polar surface area (TPSA) is 74.0 Å². The van der Waals surface area contributed by atoms with Crippen molar-refractivity contribution in [3.63, 3.8) is 0 Å². The first-order valence-electron chi connectivity index (χ1n) is 5.30. The maximum atomic E-state index is 10.7. The Balaban J connectivity index is 2.11. The Labute approximate surface area is 98.2 Å². The van der Waals surface area contributed by atoms with Gasteiger partial charge in [0.25, 0.3) is 6.71 Å². The highest BCUT2D eigenvalue weighted by molar-refractivity contribution is 7.08. The number of carboxylic acids is 1. The summed E-state index contributed by atoms with van der Waals surface area (Å²) in [5, 5.41) is 17.7. The van der Waals surface area contributed by atoms with E-state index >= 15 is 0 Å². The summed E-state index contributed by atoms with van der Waals surface area (Å²) < 4.78 is 4.18. The molecule has 0 saturated carbocycles. The molecular weight excluding hydrogens is 223 g/mol. The van der Waals surface area contributed by atoms with Crippen LogP contribution < -0.4 is 0 Å². The molecule has 1 aliphatic rings. The van der Waals surface area contributed by atoms with Crippen molar-refractivity contribution in [1.29, 1.82) is 5.26 Å². The number of hydrogen-bond donors (Lipinski definition) is 1. The van der Waals surface area contributed by atoms with Gasteiger partial charge in [0.1, 0.15) is 4.88 Å². The van der Waals surface area contributed by atoms with Gasteiger partial charge in [0.05, 0.1) is 5.69 Å². The average molecular weight is 234 g/mol. The number of carbonyl (C=O) groups is 1. The van der Waals surface area contributed by atoms with E-state index in [1.165, 1.54) is 0 Å². The lowest BCUT2D eigenvalue weighted by Crippen LogP contribution is -2.20. The van der Waals surface area contributed by atoms with Gasteiger partial charge in [-0.3, -0.25) is 0 Å². The van der Waals surface area contributed by atoms with Crippen molar-refractivity contribution in [3.8, 4) is 5.97 Å². The second-order valence-electron chi connectivity index (χ2n) is 4.11. The molecule has 1 atom stereocenters. The van der Waals surface area contributed by atoms with Crippen LogP contribution in [0.2, 0.25) is 12.6 Å². The van der Waals surface area contributed by atoms with E-state index in [0.29, 0.717) is 0 Å². The summed E-state index contributed by atoms with van der Waals surface area (Å²) in [5.41, 5.74) is 0.849. The number of hydrogen-bond acceptors (Lipinski definition) is 4. The van der Waals surface area contributed by atoms with Gasteiger partial charge in [-0.15, -0.1) is 0 Å². The first-order chi connectivity index (χ1) is 7.70. The minimum absolute atomic E-state index is 0.105. The summed E-state index contributed by atoms with van der Waals surface area (Å²) in [5.74, 6) is 1.64. The van der Waals surface area contributed by atoms with Crippen molar-refractivity contribution >= 4 is 24.2 Å². The van der Waals surface area contributed by atoms with Gasteiger partial charge in [0, 0.05) is 5.97 Å². The molecule has 1 fully saturated rings. The molecule has 1 saturated heterocycles. The van der Waals surface area contributed by atoms with Gasteiger partial charge in [0.15, 0.2) is 0 Å². The quantitative estimate of drug-likeness (QED) is 0.796. The van der Waals surface area contributed by atoms with Crippen LogP contribution in [0.4, 0.5) is 0 Å².